The van der Waals surface area contributed by atoms with E-state index in [4.69, 9.17) is 16.3 Å². The molecule has 0 aromatic heterocycles. The molecule has 0 unspecified atom stereocenters. The van der Waals surface area contributed by atoms with Gasteiger partial charge in [-0.15, -0.1) is 0 Å². The molecular formula is C25H26ClN3O2. The van der Waals surface area contributed by atoms with Crippen LogP contribution < -0.4 is 10.1 Å². The average Bonchev–Trinajstić information content (AvgIpc) is 2.81. The maximum Gasteiger partial charge on any atom is 0.260 e. The number of carbonyl (C=O) groups excluding carboxylic acids is 1. The molecule has 3 aromatic carbocycles. The fourth-order valence-electron chi connectivity index (χ4n) is 3.56. The van der Waals surface area contributed by atoms with Crippen molar-refractivity contribution in [2.45, 2.75) is 6.54 Å². The first-order chi connectivity index (χ1) is 15.2. The van der Waals surface area contributed by atoms with Crippen LogP contribution in [-0.2, 0) is 11.3 Å². The molecular weight excluding hydrogens is 410 g/mol. The van der Waals surface area contributed by atoms with Gasteiger partial charge in [-0.05, 0) is 54.1 Å². The van der Waals surface area contributed by atoms with Gasteiger partial charge in [-0.1, -0.05) is 41.9 Å². The number of amides is 1. The molecule has 6 heteroatoms. The first kappa shape index (κ1) is 21.2. The monoisotopic (exact) mass is 435 g/mol. The van der Waals surface area contributed by atoms with E-state index in [1.165, 1.54) is 5.56 Å². The molecule has 1 fully saturated rings. The molecule has 1 aliphatic rings. The van der Waals surface area contributed by atoms with Crippen molar-refractivity contribution in [3.8, 4) is 5.75 Å². The van der Waals surface area contributed by atoms with E-state index in [2.05, 4.69) is 10.2 Å². The molecule has 0 radical (unpaired) electrons. The van der Waals surface area contributed by atoms with Gasteiger partial charge in [-0.25, -0.2) is 0 Å². The Bertz CT molecular complexity index is 970. The fraction of sp³-hybridized carbons (Fsp3) is 0.240. The van der Waals surface area contributed by atoms with Gasteiger partial charge in [0.05, 0.1) is 0 Å². The SMILES string of the molecule is O=C(COc1ccc(Nc2ccccc2)cc1)N1CCN(Cc2ccc(Cl)cc2)CC1. The van der Waals surface area contributed by atoms with E-state index >= 15 is 0 Å². The van der Waals surface area contributed by atoms with Crippen LogP contribution in [0.3, 0.4) is 0 Å². The third-order valence-corrected chi connectivity index (χ3v) is 5.58. The van der Waals surface area contributed by atoms with E-state index < -0.39 is 0 Å². The summed E-state index contributed by atoms with van der Waals surface area (Å²) in [6, 6.07) is 25.6. The Kier molecular flexibility index (Phi) is 7.07. The Morgan fingerprint density at radius 3 is 2.16 bits per heavy atom. The number of anilines is 2. The van der Waals surface area contributed by atoms with Gasteiger partial charge in [-0.2, -0.15) is 0 Å². The highest BCUT2D eigenvalue weighted by Gasteiger charge is 2.21. The minimum absolute atomic E-state index is 0.0256. The fourth-order valence-corrected chi connectivity index (χ4v) is 3.69. The molecule has 1 amide bonds. The normalized spacial score (nSPS) is 14.3. The molecule has 1 N–H and O–H groups in total. The van der Waals surface area contributed by atoms with E-state index in [9.17, 15) is 4.79 Å². The Morgan fingerprint density at radius 2 is 1.48 bits per heavy atom. The summed E-state index contributed by atoms with van der Waals surface area (Å²) in [5.74, 6) is 0.714. The highest BCUT2D eigenvalue weighted by atomic mass is 35.5. The number of carbonyl (C=O) groups is 1. The highest BCUT2D eigenvalue weighted by molar-refractivity contribution is 6.30. The van der Waals surface area contributed by atoms with Gasteiger partial charge < -0.3 is 15.0 Å². The van der Waals surface area contributed by atoms with Crippen molar-refractivity contribution in [2.24, 2.45) is 0 Å². The van der Waals surface area contributed by atoms with Gasteiger partial charge in [0.15, 0.2) is 6.61 Å². The number of halogens is 1. The molecule has 0 atom stereocenters. The zero-order chi connectivity index (χ0) is 21.5. The summed E-state index contributed by atoms with van der Waals surface area (Å²) in [6.07, 6.45) is 0. The minimum Gasteiger partial charge on any atom is -0.484 e. The van der Waals surface area contributed by atoms with E-state index in [-0.39, 0.29) is 12.5 Å². The van der Waals surface area contributed by atoms with Gasteiger partial charge >= 0.3 is 0 Å². The maximum atomic E-state index is 12.5. The van der Waals surface area contributed by atoms with Crippen LogP contribution in [0.5, 0.6) is 5.75 Å². The van der Waals surface area contributed by atoms with Gasteiger partial charge in [-0.3, -0.25) is 9.69 Å². The van der Waals surface area contributed by atoms with E-state index in [1.54, 1.807) is 0 Å². The molecule has 0 aliphatic carbocycles. The topological polar surface area (TPSA) is 44.8 Å². The maximum absolute atomic E-state index is 12.5. The minimum atomic E-state index is 0.0256. The largest absolute Gasteiger partial charge is 0.484 e. The highest BCUT2D eigenvalue weighted by Crippen LogP contribution is 2.20. The van der Waals surface area contributed by atoms with Gasteiger partial charge in [0.1, 0.15) is 5.75 Å². The van der Waals surface area contributed by atoms with Crippen LogP contribution in [0, 0.1) is 0 Å². The van der Waals surface area contributed by atoms with Crippen molar-refractivity contribution < 1.29 is 9.53 Å². The molecule has 1 saturated heterocycles. The van der Waals surface area contributed by atoms with E-state index in [0.29, 0.717) is 5.75 Å². The van der Waals surface area contributed by atoms with Crippen molar-refractivity contribution in [2.75, 3.05) is 38.1 Å². The van der Waals surface area contributed by atoms with Crippen LogP contribution in [0.25, 0.3) is 0 Å². The zero-order valence-electron chi connectivity index (χ0n) is 17.3. The van der Waals surface area contributed by atoms with Crippen molar-refractivity contribution in [3.05, 3.63) is 89.4 Å². The molecule has 0 saturated carbocycles. The molecule has 0 bridgehead atoms. The summed E-state index contributed by atoms with van der Waals surface area (Å²) in [6.45, 7) is 4.08. The molecule has 160 valence electrons. The summed E-state index contributed by atoms with van der Waals surface area (Å²) in [7, 11) is 0. The van der Waals surface area contributed by atoms with Crippen LogP contribution in [0.4, 0.5) is 11.4 Å². The lowest BCUT2D eigenvalue weighted by atomic mass is 10.2. The number of nitrogens with one attached hydrogen (secondary N) is 1. The quantitative estimate of drug-likeness (QED) is 0.578. The number of rotatable bonds is 7. The lowest BCUT2D eigenvalue weighted by molar-refractivity contribution is -0.135. The Labute approximate surface area is 188 Å². The number of benzene rings is 3. The molecule has 0 spiro atoms. The van der Waals surface area contributed by atoms with Crippen molar-refractivity contribution in [1.82, 2.24) is 9.80 Å². The number of hydrogen-bond acceptors (Lipinski definition) is 4. The molecule has 1 heterocycles. The predicted octanol–water partition coefficient (Wildman–Crippen LogP) is 4.81. The summed E-state index contributed by atoms with van der Waals surface area (Å²) in [4.78, 5) is 16.8. The summed E-state index contributed by atoms with van der Waals surface area (Å²) in [5, 5.41) is 4.08. The molecule has 4 rings (SSSR count). The molecule has 5 nitrogen and oxygen atoms in total. The van der Waals surface area contributed by atoms with E-state index in [1.807, 2.05) is 83.8 Å². The predicted molar refractivity (Wildman–Crippen MR) is 125 cm³/mol. The number of ether oxygens (including phenoxy) is 1. The Morgan fingerprint density at radius 1 is 0.839 bits per heavy atom. The number of hydrogen-bond donors (Lipinski definition) is 1. The van der Waals surface area contributed by atoms with Crippen LogP contribution in [0.15, 0.2) is 78.9 Å². The van der Waals surface area contributed by atoms with Crippen LogP contribution in [0.2, 0.25) is 5.02 Å². The first-order valence-electron chi connectivity index (χ1n) is 10.5. The lowest BCUT2D eigenvalue weighted by Crippen LogP contribution is -2.49. The molecule has 31 heavy (non-hydrogen) atoms. The third-order valence-electron chi connectivity index (χ3n) is 5.32. The second-order valence-corrected chi connectivity index (χ2v) is 8.02. The second-order valence-electron chi connectivity index (χ2n) is 7.59. The number of nitrogens with zero attached hydrogens (tertiary/aromatic N) is 2. The van der Waals surface area contributed by atoms with Gasteiger partial charge in [0.2, 0.25) is 0 Å². The van der Waals surface area contributed by atoms with Crippen molar-refractivity contribution in [1.29, 1.82) is 0 Å². The second kappa shape index (κ2) is 10.3. The smallest absolute Gasteiger partial charge is 0.260 e. The van der Waals surface area contributed by atoms with Crippen LogP contribution in [-0.4, -0.2) is 48.5 Å². The number of piperazine rings is 1. The summed E-state index contributed by atoms with van der Waals surface area (Å²) in [5.41, 5.74) is 3.24. The van der Waals surface area contributed by atoms with Gasteiger partial charge in [0.25, 0.3) is 5.91 Å². The zero-order valence-corrected chi connectivity index (χ0v) is 18.1. The average molecular weight is 436 g/mol. The van der Waals surface area contributed by atoms with Crippen molar-refractivity contribution in [3.63, 3.8) is 0 Å². The Hall–Kier alpha value is -3.02. The summed E-state index contributed by atoms with van der Waals surface area (Å²) < 4.78 is 5.71. The van der Waals surface area contributed by atoms with Crippen LogP contribution >= 0.6 is 11.6 Å². The standard InChI is InChI=1S/C25H26ClN3O2/c26-21-8-6-20(7-9-21)18-28-14-16-29(17-15-28)25(30)19-31-24-12-10-23(11-13-24)27-22-4-2-1-3-5-22/h1-13,27H,14-19H2. The molecule has 1 aliphatic heterocycles. The van der Waals surface area contributed by atoms with Crippen molar-refractivity contribution >= 4 is 28.9 Å². The number of para-hydroxylation sites is 1. The Balaban J connectivity index is 1.20. The third kappa shape index (κ3) is 6.23. The van der Waals surface area contributed by atoms with E-state index in [0.717, 1.165) is 49.1 Å². The molecule has 3 aromatic rings. The van der Waals surface area contributed by atoms with Gasteiger partial charge in [0, 0.05) is 49.1 Å². The summed E-state index contributed by atoms with van der Waals surface area (Å²) >= 11 is 5.95. The first-order valence-corrected chi connectivity index (χ1v) is 10.8. The lowest BCUT2D eigenvalue weighted by Gasteiger charge is -2.34. The van der Waals surface area contributed by atoms with Crippen LogP contribution in [0.1, 0.15) is 5.56 Å².